The number of fused-ring (bicyclic) bond motifs is 1. The summed E-state index contributed by atoms with van der Waals surface area (Å²) in [6.45, 7) is 0.614. The Morgan fingerprint density at radius 3 is 2.62 bits per heavy atom. The molecule has 4 aromatic rings. The Morgan fingerprint density at radius 2 is 1.81 bits per heavy atom. The minimum atomic E-state index is 0.519. The zero-order valence-electron chi connectivity index (χ0n) is 13.7. The van der Waals surface area contributed by atoms with Crippen LogP contribution in [0.3, 0.4) is 0 Å². The third kappa shape index (κ3) is 3.47. The molecule has 0 aliphatic heterocycles. The monoisotopic (exact) mass is 380 g/mol. The van der Waals surface area contributed by atoms with Gasteiger partial charge in [-0.3, -0.25) is 4.98 Å². The van der Waals surface area contributed by atoms with Crippen LogP contribution in [0.25, 0.3) is 22.3 Å². The second-order valence-electron chi connectivity index (χ2n) is 5.75. The average molecular weight is 381 g/mol. The first-order valence-corrected chi connectivity index (χ1v) is 8.81. The number of pyridine rings is 1. The highest BCUT2D eigenvalue weighted by molar-refractivity contribution is 6.36. The van der Waals surface area contributed by atoms with Crippen molar-refractivity contribution in [2.45, 2.75) is 6.54 Å². The molecule has 0 saturated carbocycles. The maximum absolute atomic E-state index is 6.35. The van der Waals surface area contributed by atoms with Crippen molar-refractivity contribution in [1.29, 1.82) is 0 Å². The molecular formula is C20H14Cl2N4. The third-order valence-corrected chi connectivity index (χ3v) is 4.51. The van der Waals surface area contributed by atoms with E-state index in [4.69, 9.17) is 28.2 Å². The lowest BCUT2D eigenvalue weighted by molar-refractivity contribution is 1.08. The van der Waals surface area contributed by atoms with E-state index in [0.29, 0.717) is 22.4 Å². The Labute approximate surface area is 160 Å². The Morgan fingerprint density at radius 1 is 0.923 bits per heavy atom. The maximum Gasteiger partial charge on any atom is 0.163 e. The van der Waals surface area contributed by atoms with Crippen molar-refractivity contribution in [3.8, 4) is 11.4 Å². The van der Waals surface area contributed by atoms with E-state index >= 15 is 0 Å². The van der Waals surface area contributed by atoms with Crippen molar-refractivity contribution in [1.82, 2.24) is 15.0 Å². The van der Waals surface area contributed by atoms with Gasteiger partial charge in [0.1, 0.15) is 5.82 Å². The molecule has 0 saturated heterocycles. The van der Waals surface area contributed by atoms with Crippen molar-refractivity contribution >= 4 is 39.9 Å². The highest BCUT2D eigenvalue weighted by Gasteiger charge is 2.12. The number of benzene rings is 2. The number of anilines is 1. The van der Waals surface area contributed by atoms with Crippen LogP contribution in [0.4, 0.5) is 5.82 Å². The molecule has 2 heterocycles. The number of para-hydroxylation sites is 1. The number of hydrogen-bond acceptors (Lipinski definition) is 4. The molecule has 4 rings (SSSR count). The molecule has 26 heavy (non-hydrogen) atoms. The van der Waals surface area contributed by atoms with E-state index in [1.807, 2.05) is 48.7 Å². The average Bonchev–Trinajstić information content (AvgIpc) is 2.67. The summed E-state index contributed by atoms with van der Waals surface area (Å²) in [6, 6.07) is 17.1. The van der Waals surface area contributed by atoms with Gasteiger partial charge in [-0.05, 0) is 42.0 Å². The highest BCUT2D eigenvalue weighted by atomic mass is 35.5. The summed E-state index contributed by atoms with van der Waals surface area (Å²) >= 11 is 12.4. The van der Waals surface area contributed by atoms with E-state index in [2.05, 4.69) is 15.3 Å². The molecule has 0 bridgehead atoms. The van der Waals surface area contributed by atoms with Crippen LogP contribution in [0.15, 0.2) is 67.0 Å². The van der Waals surface area contributed by atoms with Crippen molar-refractivity contribution < 1.29 is 0 Å². The van der Waals surface area contributed by atoms with Gasteiger partial charge in [0.15, 0.2) is 5.82 Å². The first-order chi connectivity index (χ1) is 12.7. The van der Waals surface area contributed by atoms with Crippen LogP contribution >= 0.6 is 23.2 Å². The summed E-state index contributed by atoms with van der Waals surface area (Å²) in [4.78, 5) is 13.5. The third-order valence-electron chi connectivity index (χ3n) is 3.96. The van der Waals surface area contributed by atoms with Gasteiger partial charge < -0.3 is 5.32 Å². The number of rotatable bonds is 4. The molecule has 2 aromatic heterocycles. The summed E-state index contributed by atoms with van der Waals surface area (Å²) in [6.07, 6.45) is 3.58. The molecule has 0 radical (unpaired) electrons. The fourth-order valence-electron chi connectivity index (χ4n) is 2.69. The molecule has 0 atom stereocenters. The van der Waals surface area contributed by atoms with E-state index in [9.17, 15) is 0 Å². The molecule has 2 aromatic carbocycles. The molecular weight excluding hydrogens is 367 g/mol. The van der Waals surface area contributed by atoms with Gasteiger partial charge in [0.25, 0.3) is 0 Å². The lowest BCUT2D eigenvalue weighted by Crippen LogP contribution is -2.04. The summed E-state index contributed by atoms with van der Waals surface area (Å²) in [5.41, 5.74) is 2.66. The smallest absolute Gasteiger partial charge is 0.163 e. The van der Waals surface area contributed by atoms with Crippen LogP contribution in [-0.4, -0.2) is 15.0 Å². The lowest BCUT2D eigenvalue weighted by Gasteiger charge is -2.12. The molecule has 0 fully saturated rings. The minimum absolute atomic E-state index is 0.519. The highest BCUT2D eigenvalue weighted by Crippen LogP contribution is 2.31. The van der Waals surface area contributed by atoms with Gasteiger partial charge in [-0.2, -0.15) is 0 Å². The van der Waals surface area contributed by atoms with Crippen molar-refractivity contribution in [3.05, 3.63) is 82.6 Å². The van der Waals surface area contributed by atoms with E-state index in [0.717, 1.165) is 27.8 Å². The Hall–Kier alpha value is -2.69. The van der Waals surface area contributed by atoms with Crippen LogP contribution in [0, 0.1) is 0 Å². The van der Waals surface area contributed by atoms with Crippen molar-refractivity contribution in [2.24, 2.45) is 0 Å². The summed E-state index contributed by atoms with van der Waals surface area (Å²) in [7, 11) is 0. The number of hydrogen-bond donors (Lipinski definition) is 1. The summed E-state index contributed by atoms with van der Waals surface area (Å²) in [5.74, 6) is 1.31. The number of halogens is 2. The Bertz CT molecular complexity index is 1070. The first kappa shape index (κ1) is 16.8. The van der Waals surface area contributed by atoms with Crippen molar-refractivity contribution in [3.63, 3.8) is 0 Å². The second kappa shape index (κ2) is 7.28. The molecule has 0 spiro atoms. The normalized spacial score (nSPS) is 10.8. The van der Waals surface area contributed by atoms with Gasteiger partial charge >= 0.3 is 0 Å². The SMILES string of the molecule is Clc1ccc(-c2nc(NCc3cccnc3)c3ccccc3n2)c(Cl)c1. The van der Waals surface area contributed by atoms with Crippen LogP contribution in [0.5, 0.6) is 0 Å². The van der Waals surface area contributed by atoms with Crippen molar-refractivity contribution in [2.75, 3.05) is 5.32 Å². The fraction of sp³-hybridized carbons (Fsp3) is 0.0500. The zero-order valence-corrected chi connectivity index (χ0v) is 15.2. The quantitative estimate of drug-likeness (QED) is 0.499. The molecule has 0 amide bonds. The van der Waals surface area contributed by atoms with Gasteiger partial charge in [0.2, 0.25) is 0 Å². The van der Waals surface area contributed by atoms with Gasteiger partial charge in [-0.15, -0.1) is 0 Å². The lowest BCUT2D eigenvalue weighted by atomic mass is 10.1. The largest absolute Gasteiger partial charge is 0.365 e. The molecule has 4 nitrogen and oxygen atoms in total. The number of nitrogens with zero attached hydrogens (tertiary/aromatic N) is 3. The molecule has 0 unspecified atom stereocenters. The van der Waals surface area contributed by atoms with E-state index < -0.39 is 0 Å². The molecule has 0 aliphatic carbocycles. The number of nitrogens with one attached hydrogen (secondary N) is 1. The van der Waals surface area contributed by atoms with Crippen LogP contribution in [0.1, 0.15) is 5.56 Å². The van der Waals surface area contributed by atoms with Gasteiger partial charge in [0.05, 0.1) is 10.5 Å². The second-order valence-corrected chi connectivity index (χ2v) is 6.60. The maximum atomic E-state index is 6.35. The van der Waals surface area contributed by atoms with Crippen LogP contribution < -0.4 is 5.32 Å². The topological polar surface area (TPSA) is 50.7 Å². The van der Waals surface area contributed by atoms with Crippen LogP contribution in [0.2, 0.25) is 10.0 Å². The molecule has 6 heteroatoms. The van der Waals surface area contributed by atoms with E-state index in [1.165, 1.54) is 0 Å². The molecule has 1 N–H and O–H groups in total. The standard InChI is InChI=1S/C20H14Cl2N4/c21-14-7-8-15(17(22)10-14)20-25-18-6-2-1-5-16(18)19(26-20)24-12-13-4-3-9-23-11-13/h1-11H,12H2,(H,24,25,26). The molecule has 0 aliphatic rings. The zero-order chi connectivity index (χ0) is 17.9. The Kier molecular flexibility index (Phi) is 4.69. The first-order valence-electron chi connectivity index (χ1n) is 8.06. The summed E-state index contributed by atoms with van der Waals surface area (Å²) < 4.78 is 0. The van der Waals surface area contributed by atoms with E-state index in [-0.39, 0.29) is 0 Å². The van der Waals surface area contributed by atoms with E-state index in [1.54, 1.807) is 18.3 Å². The molecule has 128 valence electrons. The minimum Gasteiger partial charge on any atom is -0.365 e. The Balaban J connectivity index is 1.78. The predicted octanol–water partition coefficient (Wildman–Crippen LogP) is 5.61. The van der Waals surface area contributed by atoms with Gasteiger partial charge in [-0.25, -0.2) is 9.97 Å². The fourth-order valence-corrected chi connectivity index (χ4v) is 3.18. The van der Waals surface area contributed by atoms with Crippen LogP contribution in [-0.2, 0) is 6.54 Å². The number of aromatic nitrogens is 3. The summed E-state index contributed by atoms with van der Waals surface area (Å²) in [5, 5.41) is 5.43. The predicted molar refractivity (Wildman–Crippen MR) is 107 cm³/mol. The van der Waals surface area contributed by atoms with Gasteiger partial charge in [-0.1, -0.05) is 41.4 Å². The van der Waals surface area contributed by atoms with Gasteiger partial charge in [0, 0.05) is 34.9 Å².